The maximum absolute atomic E-state index is 10.9. The molecule has 0 radical (unpaired) electrons. The fourth-order valence-corrected chi connectivity index (χ4v) is 2.06. The Hall–Kier alpha value is -2.14. The standard InChI is InChI=1S/C14H16N2O3/c1-3-19-8-4-5-11-9-13(16(17)18)10-12-6-7-15(2)14(11)12/h4-7,9-10H,3,8H2,1-2H3/b5-4+. The summed E-state index contributed by atoms with van der Waals surface area (Å²) >= 11 is 0. The average molecular weight is 260 g/mol. The zero-order valence-corrected chi connectivity index (χ0v) is 11.0. The van der Waals surface area contributed by atoms with Gasteiger partial charge in [-0.05, 0) is 13.0 Å². The van der Waals surface area contributed by atoms with Crippen molar-refractivity contribution in [1.82, 2.24) is 4.57 Å². The third-order valence-corrected chi connectivity index (χ3v) is 2.91. The lowest BCUT2D eigenvalue weighted by Crippen LogP contribution is -1.93. The Morgan fingerprint density at radius 1 is 1.47 bits per heavy atom. The van der Waals surface area contributed by atoms with Crippen LogP contribution in [-0.4, -0.2) is 22.7 Å². The first-order chi connectivity index (χ1) is 9.13. The summed E-state index contributed by atoms with van der Waals surface area (Å²) < 4.78 is 7.19. The van der Waals surface area contributed by atoms with E-state index in [9.17, 15) is 10.1 Å². The summed E-state index contributed by atoms with van der Waals surface area (Å²) in [5.41, 5.74) is 1.92. The van der Waals surface area contributed by atoms with E-state index < -0.39 is 0 Å². The van der Waals surface area contributed by atoms with Crippen molar-refractivity contribution < 1.29 is 9.66 Å². The second-order valence-electron chi connectivity index (χ2n) is 4.22. The van der Waals surface area contributed by atoms with Crippen LogP contribution in [-0.2, 0) is 11.8 Å². The average Bonchev–Trinajstić information content (AvgIpc) is 2.76. The van der Waals surface area contributed by atoms with Crippen molar-refractivity contribution >= 4 is 22.7 Å². The van der Waals surface area contributed by atoms with Gasteiger partial charge in [-0.25, -0.2) is 0 Å². The van der Waals surface area contributed by atoms with Crippen molar-refractivity contribution in [3.8, 4) is 0 Å². The van der Waals surface area contributed by atoms with Crippen LogP contribution in [0.25, 0.3) is 17.0 Å². The maximum atomic E-state index is 10.9. The van der Waals surface area contributed by atoms with Gasteiger partial charge in [0.1, 0.15) is 0 Å². The summed E-state index contributed by atoms with van der Waals surface area (Å²) in [5.74, 6) is 0. The number of non-ortho nitro benzene ring substituents is 1. The van der Waals surface area contributed by atoms with E-state index in [2.05, 4.69) is 0 Å². The maximum Gasteiger partial charge on any atom is 0.270 e. The number of fused-ring (bicyclic) bond motifs is 1. The van der Waals surface area contributed by atoms with Crippen LogP contribution in [0.4, 0.5) is 5.69 Å². The van der Waals surface area contributed by atoms with E-state index in [1.165, 1.54) is 0 Å². The predicted octanol–water partition coefficient (Wildman–Crippen LogP) is 3.14. The summed E-state index contributed by atoms with van der Waals surface area (Å²) in [4.78, 5) is 10.6. The molecule has 1 aromatic heterocycles. The molecular weight excluding hydrogens is 244 g/mol. The Balaban J connectivity index is 2.46. The monoisotopic (exact) mass is 260 g/mol. The first-order valence-electron chi connectivity index (χ1n) is 6.11. The van der Waals surface area contributed by atoms with Crippen LogP contribution in [0.3, 0.4) is 0 Å². The molecule has 5 heteroatoms. The van der Waals surface area contributed by atoms with Gasteiger partial charge in [-0.1, -0.05) is 12.2 Å². The highest BCUT2D eigenvalue weighted by atomic mass is 16.6. The third kappa shape index (κ3) is 2.82. The molecule has 19 heavy (non-hydrogen) atoms. The minimum Gasteiger partial charge on any atom is -0.378 e. The lowest BCUT2D eigenvalue weighted by Gasteiger charge is -2.03. The molecule has 0 aliphatic rings. The Morgan fingerprint density at radius 2 is 2.26 bits per heavy atom. The largest absolute Gasteiger partial charge is 0.378 e. The number of aryl methyl sites for hydroxylation is 1. The highest BCUT2D eigenvalue weighted by Crippen LogP contribution is 2.26. The second-order valence-corrected chi connectivity index (χ2v) is 4.22. The van der Waals surface area contributed by atoms with E-state index >= 15 is 0 Å². The molecule has 0 unspecified atom stereocenters. The highest BCUT2D eigenvalue weighted by molar-refractivity contribution is 5.90. The van der Waals surface area contributed by atoms with Crippen LogP contribution >= 0.6 is 0 Å². The fourth-order valence-electron chi connectivity index (χ4n) is 2.06. The molecule has 0 fully saturated rings. The van der Waals surface area contributed by atoms with Gasteiger partial charge >= 0.3 is 0 Å². The van der Waals surface area contributed by atoms with Gasteiger partial charge in [0.15, 0.2) is 0 Å². The van der Waals surface area contributed by atoms with Crippen LogP contribution in [0.1, 0.15) is 12.5 Å². The summed E-state index contributed by atoms with van der Waals surface area (Å²) in [6, 6.07) is 5.06. The molecule has 100 valence electrons. The van der Waals surface area contributed by atoms with Gasteiger partial charge in [0.25, 0.3) is 5.69 Å². The van der Waals surface area contributed by atoms with Crippen molar-refractivity contribution in [2.24, 2.45) is 7.05 Å². The first-order valence-corrected chi connectivity index (χ1v) is 6.11. The number of aromatic nitrogens is 1. The van der Waals surface area contributed by atoms with Gasteiger partial charge in [0, 0.05) is 42.9 Å². The molecule has 0 saturated heterocycles. The SMILES string of the molecule is CCOC/C=C/c1cc([N+](=O)[O-])cc2ccn(C)c12. The number of hydrogen-bond acceptors (Lipinski definition) is 3. The van der Waals surface area contributed by atoms with Crippen LogP contribution in [0.15, 0.2) is 30.5 Å². The quantitative estimate of drug-likeness (QED) is 0.471. The highest BCUT2D eigenvalue weighted by Gasteiger charge is 2.12. The number of rotatable bonds is 5. The molecule has 0 aliphatic heterocycles. The molecule has 0 N–H and O–H groups in total. The molecule has 1 aromatic carbocycles. The molecular formula is C14H16N2O3. The normalized spacial score (nSPS) is 11.5. The molecule has 0 atom stereocenters. The third-order valence-electron chi connectivity index (χ3n) is 2.91. The van der Waals surface area contributed by atoms with Crippen molar-refractivity contribution in [1.29, 1.82) is 0 Å². The smallest absolute Gasteiger partial charge is 0.270 e. The Bertz CT molecular complexity index is 629. The number of benzene rings is 1. The number of hydrogen-bond donors (Lipinski definition) is 0. The van der Waals surface area contributed by atoms with Crippen molar-refractivity contribution in [2.45, 2.75) is 6.92 Å². The van der Waals surface area contributed by atoms with Gasteiger partial charge in [-0.3, -0.25) is 10.1 Å². The van der Waals surface area contributed by atoms with Gasteiger partial charge in [-0.2, -0.15) is 0 Å². The van der Waals surface area contributed by atoms with Crippen LogP contribution in [0, 0.1) is 10.1 Å². The number of nitro groups is 1. The molecule has 0 amide bonds. The zero-order chi connectivity index (χ0) is 13.8. The Kier molecular flexibility index (Phi) is 3.97. The molecule has 0 bridgehead atoms. The number of nitro benzene ring substituents is 1. The fraction of sp³-hybridized carbons (Fsp3) is 0.286. The van der Waals surface area contributed by atoms with Crippen LogP contribution < -0.4 is 0 Å². The van der Waals surface area contributed by atoms with Gasteiger partial charge < -0.3 is 9.30 Å². The summed E-state index contributed by atoms with van der Waals surface area (Å²) in [5, 5.41) is 11.8. The van der Waals surface area contributed by atoms with Gasteiger partial charge in [0.2, 0.25) is 0 Å². The number of nitrogens with zero attached hydrogens (tertiary/aromatic N) is 2. The molecule has 0 saturated carbocycles. The number of ether oxygens (including phenoxy) is 1. The Labute approximate surface area is 111 Å². The summed E-state index contributed by atoms with van der Waals surface area (Å²) in [6.45, 7) is 3.08. The summed E-state index contributed by atoms with van der Waals surface area (Å²) in [7, 11) is 1.92. The van der Waals surface area contributed by atoms with Crippen molar-refractivity contribution in [3.05, 3.63) is 46.1 Å². The Morgan fingerprint density at radius 3 is 2.95 bits per heavy atom. The lowest BCUT2D eigenvalue weighted by atomic mass is 10.1. The van der Waals surface area contributed by atoms with Gasteiger partial charge in [0.05, 0.1) is 17.0 Å². The van der Waals surface area contributed by atoms with Crippen molar-refractivity contribution in [3.63, 3.8) is 0 Å². The van der Waals surface area contributed by atoms with Crippen LogP contribution in [0.5, 0.6) is 0 Å². The molecule has 5 nitrogen and oxygen atoms in total. The molecule has 2 aromatic rings. The molecule has 0 aliphatic carbocycles. The van der Waals surface area contributed by atoms with E-state index in [0.717, 1.165) is 16.5 Å². The first kappa shape index (κ1) is 13.3. The lowest BCUT2D eigenvalue weighted by molar-refractivity contribution is -0.384. The summed E-state index contributed by atoms with van der Waals surface area (Å²) in [6.07, 6.45) is 5.63. The van der Waals surface area contributed by atoms with E-state index in [1.807, 2.05) is 43.0 Å². The van der Waals surface area contributed by atoms with Gasteiger partial charge in [-0.15, -0.1) is 0 Å². The van der Waals surface area contributed by atoms with E-state index in [-0.39, 0.29) is 10.6 Å². The minimum atomic E-state index is -0.369. The van der Waals surface area contributed by atoms with E-state index in [4.69, 9.17) is 4.74 Å². The molecule has 0 spiro atoms. The molecule has 1 heterocycles. The predicted molar refractivity (Wildman–Crippen MR) is 75.1 cm³/mol. The minimum absolute atomic E-state index is 0.106. The second kappa shape index (κ2) is 5.67. The topological polar surface area (TPSA) is 57.3 Å². The zero-order valence-electron chi connectivity index (χ0n) is 11.0. The van der Waals surface area contributed by atoms with E-state index in [0.29, 0.717) is 13.2 Å². The van der Waals surface area contributed by atoms with Crippen LogP contribution in [0.2, 0.25) is 0 Å². The van der Waals surface area contributed by atoms with E-state index in [1.54, 1.807) is 12.1 Å². The molecule has 2 rings (SSSR count). The van der Waals surface area contributed by atoms with Crippen molar-refractivity contribution in [2.75, 3.05) is 13.2 Å².